The van der Waals surface area contributed by atoms with E-state index in [4.69, 9.17) is 4.74 Å². The zero-order chi connectivity index (χ0) is 16.1. The van der Waals surface area contributed by atoms with E-state index in [1.54, 1.807) is 0 Å². The second-order valence-electron chi connectivity index (χ2n) is 7.72. The van der Waals surface area contributed by atoms with Gasteiger partial charge in [0.25, 0.3) is 0 Å². The van der Waals surface area contributed by atoms with Gasteiger partial charge < -0.3 is 9.64 Å². The zero-order valence-electron chi connectivity index (χ0n) is 14.7. The molecule has 1 atom stereocenters. The molecule has 0 saturated carbocycles. The van der Waals surface area contributed by atoms with Gasteiger partial charge in [0.15, 0.2) is 0 Å². The SMILES string of the molecule is CC1(C)C[C@H](CN2CCCN(Cc3ccccn3)CC2)CCO1. The van der Waals surface area contributed by atoms with Crippen molar-refractivity contribution in [1.29, 1.82) is 0 Å². The third-order valence-electron chi connectivity index (χ3n) is 5.11. The summed E-state index contributed by atoms with van der Waals surface area (Å²) in [5.74, 6) is 0.793. The number of hydrogen-bond acceptors (Lipinski definition) is 4. The van der Waals surface area contributed by atoms with Crippen LogP contribution in [0.15, 0.2) is 24.4 Å². The van der Waals surface area contributed by atoms with Crippen LogP contribution >= 0.6 is 0 Å². The molecule has 0 N–H and O–H groups in total. The highest BCUT2D eigenvalue weighted by Gasteiger charge is 2.30. The number of nitrogens with zero attached hydrogens (tertiary/aromatic N) is 3. The van der Waals surface area contributed by atoms with E-state index in [1.807, 2.05) is 12.3 Å². The van der Waals surface area contributed by atoms with Crippen molar-refractivity contribution in [2.24, 2.45) is 5.92 Å². The van der Waals surface area contributed by atoms with Crippen LogP contribution in [0.25, 0.3) is 0 Å². The fourth-order valence-corrected chi connectivity index (χ4v) is 3.96. The number of aromatic nitrogens is 1. The van der Waals surface area contributed by atoms with E-state index in [1.165, 1.54) is 51.1 Å². The van der Waals surface area contributed by atoms with Crippen LogP contribution in [-0.2, 0) is 11.3 Å². The lowest BCUT2D eigenvalue weighted by Crippen LogP contribution is -2.40. The fraction of sp³-hybridized carbons (Fsp3) is 0.737. The van der Waals surface area contributed by atoms with Crippen molar-refractivity contribution >= 4 is 0 Å². The summed E-state index contributed by atoms with van der Waals surface area (Å²) in [5, 5.41) is 0. The third kappa shape index (κ3) is 5.27. The van der Waals surface area contributed by atoms with Crippen LogP contribution in [0.3, 0.4) is 0 Å². The average Bonchev–Trinajstić information content (AvgIpc) is 2.73. The quantitative estimate of drug-likeness (QED) is 0.854. The molecule has 1 aromatic rings. The van der Waals surface area contributed by atoms with Crippen molar-refractivity contribution in [3.05, 3.63) is 30.1 Å². The first kappa shape index (κ1) is 16.9. The van der Waals surface area contributed by atoms with Gasteiger partial charge in [-0.25, -0.2) is 0 Å². The Morgan fingerprint density at radius 3 is 2.78 bits per heavy atom. The Balaban J connectivity index is 1.47. The van der Waals surface area contributed by atoms with Gasteiger partial charge in [-0.1, -0.05) is 6.07 Å². The molecular formula is C19H31N3O. The van der Waals surface area contributed by atoms with E-state index in [9.17, 15) is 0 Å². The molecule has 1 aromatic heterocycles. The summed E-state index contributed by atoms with van der Waals surface area (Å²) in [6, 6.07) is 6.20. The maximum Gasteiger partial charge on any atom is 0.0629 e. The normalized spacial score (nSPS) is 26.8. The third-order valence-corrected chi connectivity index (χ3v) is 5.11. The first-order chi connectivity index (χ1) is 11.1. The van der Waals surface area contributed by atoms with Gasteiger partial charge in [-0.3, -0.25) is 9.88 Å². The summed E-state index contributed by atoms with van der Waals surface area (Å²) in [6.45, 7) is 12.4. The summed E-state index contributed by atoms with van der Waals surface area (Å²) in [7, 11) is 0. The highest BCUT2D eigenvalue weighted by molar-refractivity contribution is 5.03. The Kier molecular flexibility index (Phi) is 5.67. The van der Waals surface area contributed by atoms with Crippen LogP contribution in [0.1, 0.15) is 38.8 Å². The van der Waals surface area contributed by atoms with E-state index in [-0.39, 0.29) is 5.60 Å². The number of pyridine rings is 1. The van der Waals surface area contributed by atoms with Crippen molar-refractivity contribution in [1.82, 2.24) is 14.8 Å². The molecule has 0 aromatic carbocycles. The van der Waals surface area contributed by atoms with Crippen molar-refractivity contribution in [2.75, 3.05) is 39.3 Å². The van der Waals surface area contributed by atoms with E-state index in [0.717, 1.165) is 25.6 Å². The Morgan fingerprint density at radius 2 is 2.00 bits per heavy atom. The second kappa shape index (κ2) is 7.73. The monoisotopic (exact) mass is 317 g/mol. The molecule has 2 fully saturated rings. The van der Waals surface area contributed by atoms with E-state index < -0.39 is 0 Å². The van der Waals surface area contributed by atoms with Gasteiger partial charge in [0, 0.05) is 39.0 Å². The van der Waals surface area contributed by atoms with Gasteiger partial charge in [-0.15, -0.1) is 0 Å². The molecule has 128 valence electrons. The standard InChI is InChI=1S/C19H31N3O/c1-19(2)14-17(7-13-23-19)15-21-9-5-10-22(12-11-21)16-18-6-3-4-8-20-18/h3-4,6,8,17H,5,7,9-16H2,1-2H3/t17-/m1/s1. The van der Waals surface area contributed by atoms with E-state index >= 15 is 0 Å². The smallest absolute Gasteiger partial charge is 0.0629 e. The number of hydrogen-bond donors (Lipinski definition) is 0. The molecule has 3 heterocycles. The van der Waals surface area contributed by atoms with Gasteiger partial charge in [-0.05, 0) is 64.3 Å². The first-order valence-corrected chi connectivity index (χ1v) is 9.09. The molecule has 0 amide bonds. The van der Waals surface area contributed by atoms with E-state index in [2.05, 4.69) is 40.8 Å². The van der Waals surface area contributed by atoms with Crippen molar-refractivity contribution in [3.63, 3.8) is 0 Å². The molecule has 0 aliphatic carbocycles. The molecule has 0 spiro atoms. The molecule has 2 aliphatic rings. The van der Waals surface area contributed by atoms with Crippen LogP contribution in [0.2, 0.25) is 0 Å². The van der Waals surface area contributed by atoms with Crippen molar-refractivity contribution in [2.45, 2.75) is 45.3 Å². The summed E-state index contributed by atoms with van der Waals surface area (Å²) in [6.07, 6.45) is 5.57. The molecule has 4 nitrogen and oxygen atoms in total. The first-order valence-electron chi connectivity index (χ1n) is 9.09. The molecule has 2 aliphatic heterocycles. The molecule has 0 bridgehead atoms. The Labute approximate surface area is 140 Å². The molecule has 0 unspecified atom stereocenters. The van der Waals surface area contributed by atoms with Crippen LogP contribution in [0.5, 0.6) is 0 Å². The molecular weight excluding hydrogens is 286 g/mol. The van der Waals surface area contributed by atoms with Crippen LogP contribution in [-0.4, -0.2) is 59.7 Å². The zero-order valence-corrected chi connectivity index (χ0v) is 14.7. The lowest BCUT2D eigenvalue weighted by molar-refractivity contribution is -0.0766. The Bertz CT molecular complexity index is 477. The molecule has 23 heavy (non-hydrogen) atoms. The molecule has 0 radical (unpaired) electrons. The summed E-state index contributed by atoms with van der Waals surface area (Å²) in [4.78, 5) is 9.69. The predicted molar refractivity (Wildman–Crippen MR) is 93.3 cm³/mol. The second-order valence-corrected chi connectivity index (χ2v) is 7.72. The van der Waals surface area contributed by atoms with Gasteiger partial charge in [-0.2, -0.15) is 0 Å². The lowest BCUT2D eigenvalue weighted by Gasteiger charge is -2.37. The molecule has 4 heteroatoms. The lowest BCUT2D eigenvalue weighted by atomic mass is 9.88. The molecule has 3 rings (SSSR count). The Morgan fingerprint density at radius 1 is 1.17 bits per heavy atom. The summed E-state index contributed by atoms with van der Waals surface area (Å²) >= 11 is 0. The minimum absolute atomic E-state index is 0.0692. The minimum Gasteiger partial charge on any atom is -0.376 e. The van der Waals surface area contributed by atoms with Crippen molar-refractivity contribution in [3.8, 4) is 0 Å². The largest absolute Gasteiger partial charge is 0.376 e. The molecule has 2 saturated heterocycles. The number of ether oxygens (including phenoxy) is 1. The Hall–Kier alpha value is -0.970. The van der Waals surface area contributed by atoms with E-state index in [0.29, 0.717) is 0 Å². The van der Waals surface area contributed by atoms with Gasteiger partial charge in [0.05, 0.1) is 11.3 Å². The highest BCUT2D eigenvalue weighted by Crippen LogP contribution is 2.29. The number of rotatable bonds is 4. The minimum atomic E-state index is 0.0692. The highest BCUT2D eigenvalue weighted by atomic mass is 16.5. The average molecular weight is 317 g/mol. The summed E-state index contributed by atoms with van der Waals surface area (Å²) in [5.41, 5.74) is 1.26. The fourth-order valence-electron chi connectivity index (χ4n) is 3.96. The van der Waals surface area contributed by atoms with Gasteiger partial charge in [0.1, 0.15) is 0 Å². The maximum absolute atomic E-state index is 5.86. The van der Waals surface area contributed by atoms with Crippen LogP contribution in [0, 0.1) is 5.92 Å². The van der Waals surface area contributed by atoms with Crippen LogP contribution in [0.4, 0.5) is 0 Å². The maximum atomic E-state index is 5.86. The van der Waals surface area contributed by atoms with Gasteiger partial charge in [0.2, 0.25) is 0 Å². The van der Waals surface area contributed by atoms with Crippen molar-refractivity contribution < 1.29 is 4.74 Å². The topological polar surface area (TPSA) is 28.6 Å². The summed E-state index contributed by atoms with van der Waals surface area (Å²) < 4.78 is 5.86. The predicted octanol–water partition coefficient (Wildman–Crippen LogP) is 2.79. The van der Waals surface area contributed by atoms with Crippen LogP contribution < -0.4 is 0 Å². The van der Waals surface area contributed by atoms with Gasteiger partial charge >= 0.3 is 0 Å².